The van der Waals surface area contributed by atoms with Crippen LogP contribution >= 0.6 is 11.8 Å². The van der Waals surface area contributed by atoms with Crippen LogP contribution in [0.2, 0.25) is 0 Å². The van der Waals surface area contributed by atoms with Gasteiger partial charge in [0.2, 0.25) is 5.91 Å². The lowest BCUT2D eigenvalue weighted by molar-refractivity contribution is -0.116. The Hall–Kier alpha value is -1.74. The summed E-state index contributed by atoms with van der Waals surface area (Å²) in [7, 11) is 0. The van der Waals surface area contributed by atoms with Gasteiger partial charge in [-0.05, 0) is 43.4 Å². The van der Waals surface area contributed by atoms with Crippen LogP contribution in [-0.2, 0) is 11.2 Å². The number of rotatable bonds is 5. The average molecular weight is 285 g/mol. The number of hydrogen-bond donors (Lipinski definition) is 1. The molecule has 3 heteroatoms. The molecule has 0 atom stereocenters. The standard InChI is InChI=1S/C17H19NOS/c1-13-6-8-14(9-7-13)10-11-17(19)18-15-4-3-5-16(12-15)20-2/h3-9,12H,10-11H2,1-2H3,(H,18,19). The number of anilines is 1. The van der Waals surface area contributed by atoms with E-state index in [2.05, 4.69) is 36.5 Å². The minimum Gasteiger partial charge on any atom is -0.326 e. The molecule has 0 aromatic heterocycles. The third-order valence-corrected chi connectivity index (χ3v) is 3.84. The van der Waals surface area contributed by atoms with Crippen molar-refractivity contribution in [3.63, 3.8) is 0 Å². The lowest BCUT2D eigenvalue weighted by Gasteiger charge is -2.07. The molecule has 0 aliphatic rings. The number of nitrogens with one attached hydrogen (secondary N) is 1. The second kappa shape index (κ2) is 7.15. The molecule has 2 aromatic carbocycles. The third kappa shape index (κ3) is 4.42. The summed E-state index contributed by atoms with van der Waals surface area (Å²) >= 11 is 1.67. The first-order valence-corrected chi connectivity index (χ1v) is 7.89. The second-order valence-electron chi connectivity index (χ2n) is 4.77. The predicted octanol–water partition coefficient (Wildman–Crippen LogP) is 4.29. The van der Waals surface area contributed by atoms with Gasteiger partial charge in [0, 0.05) is 17.0 Å². The van der Waals surface area contributed by atoms with Crippen LogP contribution in [0.15, 0.2) is 53.4 Å². The highest BCUT2D eigenvalue weighted by atomic mass is 32.2. The van der Waals surface area contributed by atoms with Crippen molar-refractivity contribution in [3.05, 3.63) is 59.7 Å². The largest absolute Gasteiger partial charge is 0.326 e. The number of aryl methyl sites for hydroxylation is 2. The van der Waals surface area contributed by atoms with E-state index in [1.807, 2.05) is 30.5 Å². The van der Waals surface area contributed by atoms with Crippen molar-refractivity contribution in [3.8, 4) is 0 Å². The van der Waals surface area contributed by atoms with Gasteiger partial charge in [0.25, 0.3) is 0 Å². The molecule has 0 heterocycles. The molecule has 0 spiro atoms. The zero-order valence-electron chi connectivity index (χ0n) is 11.8. The van der Waals surface area contributed by atoms with E-state index in [4.69, 9.17) is 0 Å². The molecule has 0 unspecified atom stereocenters. The van der Waals surface area contributed by atoms with E-state index >= 15 is 0 Å². The van der Waals surface area contributed by atoms with Gasteiger partial charge in [-0.2, -0.15) is 0 Å². The lowest BCUT2D eigenvalue weighted by atomic mass is 10.1. The summed E-state index contributed by atoms with van der Waals surface area (Å²) in [6, 6.07) is 16.2. The Bertz CT molecular complexity index is 578. The summed E-state index contributed by atoms with van der Waals surface area (Å²) in [4.78, 5) is 13.1. The molecule has 2 nitrogen and oxygen atoms in total. The number of carbonyl (C=O) groups excluding carboxylic acids is 1. The summed E-state index contributed by atoms with van der Waals surface area (Å²) < 4.78 is 0. The van der Waals surface area contributed by atoms with Crippen LogP contribution < -0.4 is 5.32 Å². The molecular weight excluding hydrogens is 266 g/mol. The van der Waals surface area contributed by atoms with Crippen molar-refractivity contribution >= 4 is 23.4 Å². The summed E-state index contributed by atoms with van der Waals surface area (Å²) in [6.07, 6.45) is 3.30. The van der Waals surface area contributed by atoms with Crippen LogP contribution in [0.25, 0.3) is 0 Å². The number of hydrogen-bond acceptors (Lipinski definition) is 2. The Morgan fingerprint density at radius 2 is 1.90 bits per heavy atom. The molecule has 1 amide bonds. The van der Waals surface area contributed by atoms with Gasteiger partial charge in [-0.25, -0.2) is 0 Å². The van der Waals surface area contributed by atoms with Crippen LogP contribution in [0.1, 0.15) is 17.5 Å². The maximum absolute atomic E-state index is 11.9. The summed E-state index contributed by atoms with van der Waals surface area (Å²) in [5.41, 5.74) is 3.31. The molecule has 2 aromatic rings. The molecule has 104 valence electrons. The van der Waals surface area contributed by atoms with Crippen LogP contribution in [0, 0.1) is 6.92 Å². The van der Waals surface area contributed by atoms with Gasteiger partial charge < -0.3 is 5.32 Å². The number of amides is 1. The fourth-order valence-electron chi connectivity index (χ4n) is 1.94. The van der Waals surface area contributed by atoms with Crippen molar-refractivity contribution < 1.29 is 4.79 Å². The Morgan fingerprint density at radius 3 is 2.60 bits per heavy atom. The van der Waals surface area contributed by atoms with E-state index in [-0.39, 0.29) is 5.91 Å². The van der Waals surface area contributed by atoms with Crippen LogP contribution in [-0.4, -0.2) is 12.2 Å². The topological polar surface area (TPSA) is 29.1 Å². The minimum absolute atomic E-state index is 0.0591. The lowest BCUT2D eigenvalue weighted by Crippen LogP contribution is -2.12. The molecule has 0 radical (unpaired) electrons. The SMILES string of the molecule is CSc1cccc(NC(=O)CCc2ccc(C)cc2)c1. The molecule has 0 saturated carbocycles. The molecule has 0 aliphatic carbocycles. The van der Waals surface area contributed by atoms with Crippen LogP contribution in [0.4, 0.5) is 5.69 Å². The van der Waals surface area contributed by atoms with Gasteiger partial charge in [-0.3, -0.25) is 4.79 Å². The first kappa shape index (κ1) is 14.7. The third-order valence-electron chi connectivity index (χ3n) is 3.11. The zero-order chi connectivity index (χ0) is 14.4. The monoisotopic (exact) mass is 285 g/mol. The molecule has 2 rings (SSSR count). The van der Waals surface area contributed by atoms with Gasteiger partial charge in [0.15, 0.2) is 0 Å². The van der Waals surface area contributed by atoms with Gasteiger partial charge >= 0.3 is 0 Å². The van der Waals surface area contributed by atoms with E-state index in [0.29, 0.717) is 6.42 Å². The van der Waals surface area contributed by atoms with Crippen molar-refractivity contribution in [1.29, 1.82) is 0 Å². The maximum atomic E-state index is 11.9. The molecular formula is C17H19NOS. The maximum Gasteiger partial charge on any atom is 0.224 e. The minimum atomic E-state index is 0.0591. The Labute approximate surface area is 124 Å². The van der Waals surface area contributed by atoms with E-state index < -0.39 is 0 Å². The fourth-order valence-corrected chi connectivity index (χ4v) is 2.40. The molecule has 20 heavy (non-hydrogen) atoms. The van der Waals surface area contributed by atoms with Gasteiger partial charge in [-0.1, -0.05) is 35.9 Å². The van der Waals surface area contributed by atoms with Crippen molar-refractivity contribution in [2.45, 2.75) is 24.7 Å². The Kier molecular flexibility index (Phi) is 5.24. The van der Waals surface area contributed by atoms with Gasteiger partial charge in [0.1, 0.15) is 0 Å². The highest BCUT2D eigenvalue weighted by molar-refractivity contribution is 7.98. The number of benzene rings is 2. The predicted molar refractivity (Wildman–Crippen MR) is 86.4 cm³/mol. The summed E-state index contributed by atoms with van der Waals surface area (Å²) in [5.74, 6) is 0.0591. The van der Waals surface area contributed by atoms with E-state index in [0.717, 1.165) is 17.0 Å². The number of carbonyl (C=O) groups is 1. The first-order valence-electron chi connectivity index (χ1n) is 6.67. The van der Waals surface area contributed by atoms with Crippen molar-refractivity contribution in [2.24, 2.45) is 0 Å². The molecule has 0 aliphatic heterocycles. The van der Waals surface area contributed by atoms with Gasteiger partial charge in [-0.15, -0.1) is 11.8 Å². The first-order chi connectivity index (χ1) is 9.67. The van der Waals surface area contributed by atoms with Crippen LogP contribution in [0.5, 0.6) is 0 Å². The van der Waals surface area contributed by atoms with Gasteiger partial charge in [0.05, 0.1) is 0 Å². The zero-order valence-corrected chi connectivity index (χ0v) is 12.7. The normalized spacial score (nSPS) is 10.3. The Balaban J connectivity index is 1.87. The van der Waals surface area contributed by atoms with Crippen LogP contribution in [0.3, 0.4) is 0 Å². The summed E-state index contributed by atoms with van der Waals surface area (Å²) in [6.45, 7) is 2.06. The summed E-state index contributed by atoms with van der Waals surface area (Å²) in [5, 5.41) is 2.95. The molecule has 0 bridgehead atoms. The fraction of sp³-hybridized carbons (Fsp3) is 0.235. The number of thioether (sulfide) groups is 1. The van der Waals surface area contributed by atoms with Crippen molar-refractivity contribution in [2.75, 3.05) is 11.6 Å². The average Bonchev–Trinajstić information content (AvgIpc) is 2.47. The molecule has 1 N–H and O–H groups in total. The highest BCUT2D eigenvalue weighted by Crippen LogP contribution is 2.19. The van der Waals surface area contributed by atoms with Crippen molar-refractivity contribution in [1.82, 2.24) is 0 Å². The second-order valence-corrected chi connectivity index (χ2v) is 5.65. The smallest absolute Gasteiger partial charge is 0.224 e. The molecule has 0 fully saturated rings. The Morgan fingerprint density at radius 1 is 1.15 bits per heavy atom. The van der Waals surface area contributed by atoms with E-state index in [1.54, 1.807) is 11.8 Å². The van der Waals surface area contributed by atoms with E-state index in [9.17, 15) is 4.79 Å². The quantitative estimate of drug-likeness (QED) is 0.830. The van der Waals surface area contributed by atoms with E-state index in [1.165, 1.54) is 11.1 Å². The highest BCUT2D eigenvalue weighted by Gasteiger charge is 2.03. The molecule has 0 saturated heterocycles.